The average Bonchev–Trinajstić information content (AvgIpc) is 2.65. The van der Waals surface area contributed by atoms with Gasteiger partial charge in [0.2, 0.25) is 20.0 Å². The second-order valence-corrected chi connectivity index (χ2v) is 8.65. The van der Waals surface area contributed by atoms with E-state index in [4.69, 9.17) is 0 Å². The van der Waals surface area contributed by atoms with Crippen molar-refractivity contribution >= 4 is 20.0 Å². The number of rotatable bonds is 3. The van der Waals surface area contributed by atoms with Crippen molar-refractivity contribution in [3.8, 4) is 0 Å². The largest absolute Gasteiger partial charge is 0.243 e. The summed E-state index contributed by atoms with van der Waals surface area (Å²) in [7, 11) is -6.81. The Hall–Kier alpha value is -0.960. The van der Waals surface area contributed by atoms with E-state index in [0.717, 1.165) is 6.26 Å². The van der Waals surface area contributed by atoms with Crippen LogP contribution < -0.4 is 0 Å². The normalized spacial score (nSPS) is 19.6. The summed E-state index contributed by atoms with van der Waals surface area (Å²) in [6.07, 6.45) is 1.65. The van der Waals surface area contributed by atoms with E-state index < -0.39 is 20.0 Å². The minimum atomic E-state index is -3.54. The molecule has 1 aliphatic heterocycles. The van der Waals surface area contributed by atoms with Gasteiger partial charge < -0.3 is 0 Å². The SMILES string of the molecule is CS(=O)(=O)N1CCCN(S(=O)(=O)c2ccccc2)CC1. The van der Waals surface area contributed by atoms with Crippen molar-refractivity contribution in [2.24, 2.45) is 0 Å². The lowest BCUT2D eigenvalue weighted by molar-refractivity contribution is 0.406. The van der Waals surface area contributed by atoms with Gasteiger partial charge in [-0.3, -0.25) is 0 Å². The molecule has 1 heterocycles. The van der Waals surface area contributed by atoms with Crippen molar-refractivity contribution < 1.29 is 16.8 Å². The van der Waals surface area contributed by atoms with Crippen LogP contribution in [0, 0.1) is 0 Å². The van der Waals surface area contributed by atoms with Gasteiger partial charge in [-0.1, -0.05) is 18.2 Å². The summed E-state index contributed by atoms with van der Waals surface area (Å²) in [5.74, 6) is 0. The van der Waals surface area contributed by atoms with E-state index in [1.165, 1.54) is 8.61 Å². The zero-order valence-electron chi connectivity index (χ0n) is 11.3. The molecule has 1 aromatic carbocycles. The third-order valence-electron chi connectivity index (χ3n) is 3.26. The highest BCUT2D eigenvalue weighted by Gasteiger charge is 2.28. The predicted octanol–water partition coefficient (Wildman–Crippen LogP) is 0.343. The highest BCUT2D eigenvalue weighted by molar-refractivity contribution is 7.89. The Morgan fingerprint density at radius 2 is 1.40 bits per heavy atom. The summed E-state index contributed by atoms with van der Waals surface area (Å²) in [5, 5.41) is 0. The molecule has 6 nitrogen and oxygen atoms in total. The summed E-state index contributed by atoms with van der Waals surface area (Å²) in [5.41, 5.74) is 0. The van der Waals surface area contributed by atoms with Gasteiger partial charge in [0.1, 0.15) is 0 Å². The van der Waals surface area contributed by atoms with Crippen LogP contribution >= 0.6 is 0 Å². The standard InChI is InChI=1S/C12H18N2O4S2/c1-19(15,16)13-8-5-9-14(11-10-13)20(17,18)12-6-3-2-4-7-12/h2-4,6-7H,5,8-11H2,1H3. The molecule has 112 valence electrons. The van der Waals surface area contributed by atoms with Gasteiger partial charge in [-0.15, -0.1) is 0 Å². The maximum atomic E-state index is 12.5. The quantitative estimate of drug-likeness (QED) is 0.805. The van der Waals surface area contributed by atoms with Crippen LogP contribution in [-0.2, 0) is 20.0 Å². The number of hydrogen-bond acceptors (Lipinski definition) is 4. The van der Waals surface area contributed by atoms with Crippen LogP contribution in [0.3, 0.4) is 0 Å². The van der Waals surface area contributed by atoms with Gasteiger partial charge in [-0.2, -0.15) is 4.31 Å². The molecule has 8 heteroatoms. The zero-order valence-corrected chi connectivity index (χ0v) is 12.9. The van der Waals surface area contributed by atoms with Crippen LogP contribution in [0.2, 0.25) is 0 Å². The summed E-state index contributed by atoms with van der Waals surface area (Å²) in [4.78, 5) is 0.243. The smallest absolute Gasteiger partial charge is 0.213 e. The van der Waals surface area contributed by atoms with Crippen LogP contribution in [0.25, 0.3) is 0 Å². The lowest BCUT2D eigenvalue weighted by Gasteiger charge is -2.20. The minimum Gasteiger partial charge on any atom is -0.213 e. The molecule has 0 aromatic heterocycles. The molecule has 1 aromatic rings. The fraction of sp³-hybridized carbons (Fsp3) is 0.500. The molecule has 0 saturated carbocycles. The van der Waals surface area contributed by atoms with Crippen LogP contribution in [0.5, 0.6) is 0 Å². The Kier molecular flexibility index (Phi) is 4.48. The van der Waals surface area contributed by atoms with E-state index in [0.29, 0.717) is 19.5 Å². The maximum Gasteiger partial charge on any atom is 0.243 e. The molecule has 1 saturated heterocycles. The molecule has 1 aliphatic rings. The van der Waals surface area contributed by atoms with Crippen LogP contribution in [0.4, 0.5) is 0 Å². The zero-order chi connectivity index (χ0) is 14.8. The van der Waals surface area contributed by atoms with Gasteiger partial charge >= 0.3 is 0 Å². The first-order valence-electron chi connectivity index (χ1n) is 6.32. The molecular formula is C12H18N2O4S2. The molecule has 20 heavy (non-hydrogen) atoms. The molecule has 0 spiro atoms. The molecule has 0 amide bonds. The van der Waals surface area contributed by atoms with Crippen molar-refractivity contribution in [2.75, 3.05) is 32.4 Å². The highest BCUT2D eigenvalue weighted by Crippen LogP contribution is 2.17. The number of benzene rings is 1. The molecule has 2 rings (SSSR count). The summed E-state index contributed by atoms with van der Waals surface area (Å²) < 4.78 is 50.6. The van der Waals surface area contributed by atoms with E-state index in [1.807, 2.05) is 0 Å². The highest BCUT2D eigenvalue weighted by atomic mass is 32.2. The van der Waals surface area contributed by atoms with E-state index >= 15 is 0 Å². The lowest BCUT2D eigenvalue weighted by atomic mass is 10.4. The van der Waals surface area contributed by atoms with Crippen LogP contribution in [0.1, 0.15) is 6.42 Å². The molecular weight excluding hydrogens is 300 g/mol. The van der Waals surface area contributed by atoms with Gasteiger partial charge in [0.25, 0.3) is 0 Å². The molecule has 0 aliphatic carbocycles. The number of hydrogen-bond donors (Lipinski definition) is 0. The third kappa shape index (κ3) is 3.38. The Labute approximate surface area is 120 Å². The van der Waals surface area contributed by atoms with Crippen molar-refractivity contribution in [1.82, 2.24) is 8.61 Å². The van der Waals surface area contributed by atoms with Crippen LogP contribution in [0.15, 0.2) is 35.2 Å². The fourth-order valence-corrected chi connectivity index (χ4v) is 4.55. The van der Waals surface area contributed by atoms with Gasteiger partial charge in [-0.05, 0) is 18.6 Å². The van der Waals surface area contributed by atoms with E-state index in [-0.39, 0.29) is 18.0 Å². The molecule has 0 radical (unpaired) electrons. The minimum absolute atomic E-state index is 0.185. The first kappa shape index (κ1) is 15.4. The van der Waals surface area contributed by atoms with Gasteiger partial charge in [0.15, 0.2) is 0 Å². The number of sulfonamides is 2. The summed E-state index contributed by atoms with van der Waals surface area (Å²) >= 11 is 0. The average molecular weight is 318 g/mol. The van der Waals surface area contributed by atoms with E-state index in [9.17, 15) is 16.8 Å². The topological polar surface area (TPSA) is 74.8 Å². The van der Waals surface area contributed by atoms with Crippen LogP contribution in [-0.4, -0.2) is 57.9 Å². The summed E-state index contributed by atoms with van der Waals surface area (Å²) in [6, 6.07) is 8.21. The Morgan fingerprint density at radius 3 is 2.00 bits per heavy atom. The molecule has 1 fully saturated rings. The van der Waals surface area contributed by atoms with E-state index in [2.05, 4.69) is 0 Å². The Morgan fingerprint density at radius 1 is 0.850 bits per heavy atom. The Balaban J connectivity index is 2.19. The molecule has 0 N–H and O–H groups in total. The van der Waals surface area contributed by atoms with E-state index in [1.54, 1.807) is 30.3 Å². The lowest BCUT2D eigenvalue weighted by Crippen LogP contribution is -2.36. The van der Waals surface area contributed by atoms with Gasteiger partial charge in [0, 0.05) is 26.2 Å². The maximum absolute atomic E-state index is 12.5. The second-order valence-electron chi connectivity index (χ2n) is 4.73. The Bertz CT molecular complexity index is 656. The van der Waals surface area contributed by atoms with Crippen molar-refractivity contribution in [2.45, 2.75) is 11.3 Å². The molecule has 0 unspecified atom stereocenters. The summed E-state index contributed by atoms with van der Waals surface area (Å²) in [6.45, 7) is 1.08. The van der Waals surface area contributed by atoms with Gasteiger partial charge in [0.05, 0.1) is 11.2 Å². The monoisotopic (exact) mass is 318 g/mol. The second kappa shape index (κ2) is 5.80. The molecule has 0 bridgehead atoms. The third-order valence-corrected chi connectivity index (χ3v) is 6.48. The van der Waals surface area contributed by atoms with Gasteiger partial charge in [-0.25, -0.2) is 21.1 Å². The first-order chi connectivity index (χ1) is 9.32. The van der Waals surface area contributed by atoms with Crippen molar-refractivity contribution in [3.05, 3.63) is 30.3 Å². The molecule has 0 atom stereocenters. The predicted molar refractivity (Wildman–Crippen MR) is 76.2 cm³/mol. The van der Waals surface area contributed by atoms with Crippen molar-refractivity contribution in [1.29, 1.82) is 0 Å². The fourth-order valence-electron chi connectivity index (χ4n) is 2.18. The first-order valence-corrected chi connectivity index (χ1v) is 9.61. The van der Waals surface area contributed by atoms with Crippen molar-refractivity contribution in [3.63, 3.8) is 0 Å². The number of nitrogens with zero attached hydrogens (tertiary/aromatic N) is 2.